The molecule has 0 amide bonds. The topological polar surface area (TPSA) is 49.7 Å². The molecule has 0 N–H and O–H groups in total. The number of aliphatic imine (C=N–C) groups is 2. The van der Waals surface area contributed by atoms with Crippen LogP contribution in [0.25, 0.3) is 0 Å². The number of hydrogen-bond acceptors (Lipinski definition) is 6. The van der Waals surface area contributed by atoms with Gasteiger partial charge in [-0.15, -0.1) is 37.2 Å². The fraction of sp³-hybridized carbons (Fsp3) is 0.350. The van der Waals surface area contributed by atoms with Gasteiger partial charge in [-0.1, -0.05) is 72.8 Å². The molecule has 2 heterocycles. The maximum atomic E-state index is 5.56. The molecular formula is C40H51Cl3N4O2. The summed E-state index contributed by atoms with van der Waals surface area (Å²) in [5, 5.41) is 0. The van der Waals surface area contributed by atoms with Crippen LogP contribution in [-0.4, -0.2) is 88.8 Å². The molecule has 2 unspecified atom stereocenters. The van der Waals surface area contributed by atoms with E-state index in [1.807, 2.05) is 36.4 Å². The highest BCUT2D eigenvalue weighted by molar-refractivity contribution is 6.16. The fourth-order valence-corrected chi connectivity index (χ4v) is 6.22. The fourth-order valence-electron chi connectivity index (χ4n) is 6.22. The Kier molecular flexibility index (Phi) is 17.3. The number of benzene rings is 4. The number of methoxy groups -OCH3 is 2. The summed E-state index contributed by atoms with van der Waals surface area (Å²) in [6.07, 6.45) is 4.17. The molecule has 0 saturated carbocycles. The highest BCUT2D eigenvalue weighted by Crippen LogP contribution is 2.30. The van der Waals surface area contributed by atoms with E-state index in [-0.39, 0.29) is 37.2 Å². The Hall–Kier alpha value is -3.39. The van der Waals surface area contributed by atoms with E-state index in [1.54, 1.807) is 14.2 Å². The highest BCUT2D eigenvalue weighted by atomic mass is 35.5. The summed E-state index contributed by atoms with van der Waals surface area (Å²) in [5.74, 6) is 1.77. The molecule has 264 valence electrons. The van der Waals surface area contributed by atoms with Crippen LogP contribution < -0.4 is 9.47 Å². The zero-order valence-electron chi connectivity index (χ0n) is 29.5. The normalized spacial score (nSPS) is 15.8. The molecule has 0 saturated heterocycles. The van der Waals surface area contributed by atoms with Gasteiger partial charge < -0.3 is 19.3 Å². The van der Waals surface area contributed by atoms with Crippen molar-refractivity contribution in [3.63, 3.8) is 0 Å². The maximum absolute atomic E-state index is 5.56. The molecule has 0 spiro atoms. The Balaban J connectivity index is 0.000000321. The third-order valence-corrected chi connectivity index (χ3v) is 8.62. The molecule has 2 aliphatic rings. The summed E-state index contributed by atoms with van der Waals surface area (Å²) in [6.45, 7) is 2.10. The Labute approximate surface area is 311 Å². The minimum absolute atomic E-state index is 0. The number of fused-ring (bicyclic) bond motifs is 2. The highest BCUT2D eigenvalue weighted by Gasteiger charge is 2.25. The van der Waals surface area contributed by atoms with Gasteiger partial charge in [0.25, 0.3) is 0 Å². The molecule has 0 bridgehead atoms. The van der Waals surface area contributed by atoms with Gasteiger partial charge in [-0.25, -0.2) is 0 Å². The lowest BCUT2D eigenvalue weighted by molar-refractivity contribution is 0.379. The first-order valence-corrected chi connectivity index (χ1v) is 16.3. The monoisotopic (exact) mass is 724 g/mol. The van der Waals surface area contributed by atoms with Crippen molar-refractivity contribution in [3.05, 3.63) is 130 Å². The number of ether oxygens (including phenoxy) is 2. The van der Waals surface area contributed by atoms with E-state index in [4.69, 9.17) is 19.5 Å². The molecule has 6 rings (SSSR count). The number of rotatable bonds is 10. The first kappa shape index (κ1) is 41.8. The average molecular weight is 726 g/mol. The van der Waals surface area contributed by atoms with E-state index in [2.05, 4.69) is 98.7 Å². The molecule has 0 radical (unpaired) electrons. The molecule has 0 aromatic heterocycles. The van der Waals surface area contributed by atoms with Gasteiger partial charge in [0.1, 0.15) is 11.5 Å². The van der Waals surface area contributed by atoms with E-state index in [0.717, 1.165) is 72.8 Å². The van der Waals surface area contributed by atoms with Crippen LogP contribution in [0.4, 0.5) is 0 Å². The van der Waals surface area contributed by atoms with Gasteiger partial charge >= 0.3 is 0 Å². The molecular weight excluding hydrogens is 675 g/mol. The molecule has 4 aromatic rings. The van der Waals surface area contributed by atoms with Gasteiger partial charge in [0.15, 0.2) is 0 Å². The quantitative estimate of drug-likeness (QED) is 0.166. The van der Waals surface area contributed by atoms with Gasteiger partial charge in [-0.05, 0) is 102 Å². The van der Waals surface area contributed by atoms with Crippen molar-refractivity contribution in [2.45, 2.75) is 37.8 Å². The van der Waals surface area contributed by atoms with Gasteiger partial charge in [0.2, 0.25) is 0 Å². The Morgan fingerprint density at radius 3 is 1.18 bits per heavy atom. The lowest BCUT2D eigenvalue weighted by Gasteiger charge is -2.25. The smallest absolute Gasteiger partial charge is 0.128 e. The van der Waals surface area contributed by atoms with E-state index in [0.29, 0.717) is 12.1 Å². The predicted molar refractivity (Wildman–Crippen MR) is 213 cm³/mol. The van der Waals surface area contributed by atoms with Crippen LogP contribution in [0.2, 0.25) is 0 Å². The van der Waals surface area contributed by atoms with Crippen LogP contribution >= 0.6 is 37.2 Å². The second-order valence-corrected chi connectivity index (χ2v) is 12.6. The third kappa shape index (κ3) is 10.8. The van der Waals surface area contributed by atoms with Crippen LogP contribution in [0.5, 0.6) is 11.5 Å². The van der Waals surface area contributed by atoms with Crippen molar-refractivity contribution in [2.24, 2.45) is 9.98 Å². The van der Waals surface area contributed by atoms with Crippen molar-refractivity contribution >= 4 is 48.6 Å². The molecule has 0 fully saturated rings. The molecule has 49 heavy (non-hydrogen) atoms. The largest absolute Gasteiger partial charge is 0.496 e. The van der Waals surface area contributed by atoms with E-state index in [1.165, 1.54) is 22.3 Å². The van der Waals surface area contributed by atoms with Crippen LogP contribution in [0, 0.1) is 0 Å². The van der Waals surface area contributed by atoms with E-state index >= 15 is 0 Å². The van der Waals surface area contributed by atoms with Gasteiger partial charge in [-0.2, -0.15) is 0 Å². The predicted octanol–water partition coefficient (Wildman–Crippen LogP) is 8.08. The van der Waals surface area contributed by atoms with Crippen molar-refractivity contribution < 1.29 is 9.47 Å². The summed E-state index contributed by atoms with van der Waals surface area (Å²) < 4.78 is 11.1. The van der Waals surface area contributed by atoms with Gasteiger partial charge in [-0.3, -0.25) is 9.98 Å². The lowest BCUT2D eigenvalue weighted by Crippen LogP contribution is -2.26. The molecule has 2 atom stereocenters. The number of para-hydroxylation sites is 2. The summed E-state index contributed by atoms with van der Waals surface area (Å²) in [6, 6.07) is 34.2. The SMILES string of the molecule is COc1ccccc1C1=NC(CCN(C)C)Cc2ccccc21.COc1ccccc1C1=NC(CCN(C)C)Cc2ccccc21.Cl.Cl.Cl. The van der Waals surface area contributed by atoms with Gasteiger partial charge in [0.05, 0.1) is 37.7 Å². The second kappa shape index (κ2) is 20.3. The Bertz CT molecular complexity index is 1550. The maximum Gasteiger partial charge on any atom is 0.128 e. The minimum Gasteiger partial charge on any atom is -0.496 e. The summed E-state index contributed by atoms with van der Waals surface area (Å²) in [5.41, 5.74) is 9.52. The van der Waals surface area contributed by atoms with Gasteiger partial charge in [0, 0.05) is 22.3 Å². The molecule has 9 heteroatoms. The number of nitrogens with zero attached hydrogens (tertiary/aromatic N) is 4. The summed E-state index contributed by atoms with van der Waals surface area (Å²) in [7, 11) is 11.9. The standard InChI is InChI=1S/2C20H24N2O.3ClH/c2*1-22(2)13-12-16-14-15-8-4-5-9-17(15)20(21-16)18-10-6-7-11-19(18)23-3;;;/h2*4-11,16H,12-14H2,1-3H3;3*1H. The van der Waals surface area contributed by atoms with Crippen molar-refractivity contribution in [2.75, 3.05) is 55.5 Å². The molecule has 0 aliphatic carbocycles. The van der Waals surface area contributed by atoms with Crippen LogP contribution in [0.3, 0.4) is 0 Å². The molecule has 6 nitrogen and oxygen atoms in total. The zero-order chi connectivity index (χ0) is 32.5. The first-order chi connectivity index (χ1) is 22.4. The lowest BCUT2D eigenvalue weighted by atomic mass is 9.89. The summed E-state index contributed by atoms with van der Waals surface area (Å²) in [4.78, 5) is 14.6. The average Bonchev–Trinajstić information content (AvgIpc) is 3.09. The van der Waals surface area contributed by atoms with Crippen LogP contribution in [0.1, 0.15) is 46.2 Å². The van der Waals surface area contributed by atoms with Crippen molar-refractivity contribution in [1.82, 2.24) is 9.80 Å². The van der Waals surface area contributed by atoms with E-state index in [9.17, 15) is 0 Å². The third-order valence-electron chi connectivity index (χ3n) is 8.62. The molecule has 2 aliphatic heterocycles. The van der Waals surface area contributed by atoms with Crippen LogP contribution in [0.15, 0.2) is 107 Å². The number of hydrogen-bond donors (Lipinski definition) is 0. The second-order valence-electron chi connectivity index (χ2n) is 12.6. The van der Waals surface area contributed by atoms with Crippen molar-refractivity contribution in [1.29, 1.82) is 0 Å². The first-order valence-electron chi connectivity index (χ1n) is 16.3. The van der Waals surface area contributed by atoms with Crippen LogP contribution in [-0.2, 0) is 12.8 Å². The zero-order valence-corrected chi connectivity index (χ0v) is 31.9. The van der Waals surface area contributed by atoms with Crippen molar-refractivity contribution in [3.8, 4) is 11.5 Å². The minimum atomic E-state index is 0. The van der Waals surface area contributed by atoms with E-state index < -0.39 is 0 Å². The Morgan fingerprint density at radius 1 is 0.510 bits per heavy atom. The summed E-state index contributed by atoms with van der Waals surface area (Å²) >= 11 is 0. The Morgan fingerprint density at radius 2 is 0.837 bits per heavy atom. The number of halogens is 3. The molecule has 4 aromatic carbocycles.